The van der Waals surface area contributed by atoms with Crippen LogP contribution in [0.4, 0.5) is 0 Å². The van der Waals surface area contributed by atoms with Gasteiger partial charge in [0.2, 0.25) is 5.91 Å². The Balaban J connectivity index is 2.08. The molecule has 2 N–H and O–H groups in total. The van der Waals surface area contributed by atoms with Crippen molar-refractivity contribution < 1.29 is 14.6 Å². The van der Waals surface area contributed by atoms with E-state index in [1.807, 2.05) is 62.4 Å². The molecule has 1 unspecified atom stereocenters. The summed E-state index contributed by atoms with van der Waals surface area (Å²) in [7, 11) is 0. The zero-order valence-electron chi connectivity index (χ0n) is 16.7. The van der Waals surface area contributed by atoms with Crippen molar-refractivity contribution in [2.45, 2.75) is 59.3 Å². The van der Waals surface area contributed by atoms with Gasteiger partial charge in [-0.05, 0) is 49.9 Å². The van der Waals surface area contributed by atoms with Gasteiger partial charge < -0.3 is 15.2 Å². The zero-order chi connectivity index (χ0) is 19.9. The summed E-state index contributed by atoms with van der Waals surface area (Å²) in [5.41, 5.74) is 0.805. The van der Waals surface area contributed by atoms with Crippen LogP contribution in [0.25, 0.3) is 0 Å². The molecular weight excluding hydrogens is 338 g/mol. The SMILES string of the molecule is CCC(CC)NC(=O)C(C)(C)C(O)c1cccc(OCc2ccccc2)c1. The Labute approximate surface area is 162 Å². The van der Waals surface area contributed by atoms with E-state index >= 15 is 0 Å². The predicted octanol–water partition coefficient (Wildman–Crippen LogP) is 4.63. The minimum absolute atomic E-state index is 0.129. The number of nitrogens with one attached hydrogen (secondary N) is 1. The van der Waals surface area contributed by atoms with E-state index < -0.39 is 11.5 Å². The normalized spacial score (nSPS) is 12.7. The first-order valence-electron chi connectivity index (χ1n) is 9.64. The van der Waals surface area contributed by atoms with Crippen molar-refractivity contribution in [3.63, 3.8) is 0 Å². The van der Waals surface area contributed by atoms with Crippen LogP contribution in [0.2, 0.25) is 0 Å². The molecule has 1 atom stereocenters. The van der Waals surface area contributed by atoms with E-state index in [2.05, 4.69) is 5.32 Å². The predicted molar refractivity (Wildman–Crippen MR) is 108 cm³/mol. The number of aliphatic hydroxyl groups excluding tert-OH is 1. The summed E-state index contributed by atoms with van der Waals surface area (Å²) in [5.74, 6) is 0.533. The lowest BCUT2D eigenvalue weighted by Crippen LogP contribution is -2.45. The van der Waals surface area contributed by atoms with Crippen molar-refractivity contribution in [2.24, 2.45) is 5.41 Å². The molecule has 4 nitrogen and oxygen atoms in total. The smallest absolute Gasteiger partial charge is 0.228 e. The van der Waals surface area contributed by atoms with Gasteiger partial charge in [0.1, 0.15) is 12.4 Å². The van der Waals surface area contributed by atoms with Crippen molar-refractivity contribution in [2.75, 3.05) is 0 Å². The summed E-state index contributed by atoms with van der Waals surface area (Å²) >= 11 is 0. The van der Waals surface area contributed by atoms with Gasteiger partial charge in [0.25, 0.3) is 0 Å². The maximum absolute atomic E-state index is 12.7. The van der Waals surface area contributed by atoms with E-state index in [1.165, 1.54) is 0 Å². The van der Waals surface area contributed by atoms with Gasteiger partial charge in [-0.2, -0.15) is 0 Å². The minimum Gasteiger partial charge on any atom is -0.489 e. The Morgan fingerprint density at radius 1 is 1.07 bits per heavy atom. The van der Waals surface area contributed by atoms with Crippen molar-refractivity contribution in [3.8, 4) is 5.75 Å². The van der Waals surface area contributed by atoms with Crippen molar-refractivity contribution in [1.29, 1.82) is 0 Å². The fourth-order valence-electron chi connectivity index (χ4n) is 2.92. The van der Waals surface area contributed by atoms with Crippen molar-refractivity contribution in [3.05, 3.63) is 65.7 Å². The molecule has 2 aromatic rings. The van der Waals surface area contributed by atoms with Gasteiger partial charge >= 0.3 is 0 Å². The molecule has 0 aliphatic carbocycles. The molecule has 27 heavy (non-hydrogen) atoms. The molecule has 0 aliphatic heterocycles. The third-order valence-corrected chi connectivity index (χ3v) is 5.01. The van der Waals surface area contributed by atoms with E-state index in [1.54, 1.807) is 19.9 Å². The lowest BCUT2D eigenvalue weighted by Gasteiger charge is -2.31. The van der Waals surface area contributed by atoms with Crippen LogP contribution in [-0.4, -0.2) is 17.1 Å². The summed E-state index contributed by atoms with van der Waals surface area (Å²) in [4.78, 5) is 12.7. The van der Waals surface area contributed by atoms with Gasteiger partial charge in [0.15, 0.2) is 0 Å². The van der Waals surface area contributed by atoms with E-state index in [4.69, 9.17) is 4.74 Å². The standard InChI is InChI=1S/C23H31NO3/c1-5-19(6-2)24-22(26)23(3,4)21(25)18-13-10-14-20(15-18)27-16-17-11-8-7-9-12-17/h7-15,19,21,25H,5-6,16H2,1-4H3,(H,24,26). The monoisotopic (exact) mass is 369 g/mol. The van der Waals surface area contributed by atoms with Gasteiger partial charge in [0, 0.05) is 6.04 Å². The van der Waals surface area contributed by atoms with Crippen LogP contribution in [-0.2, 0) is 11.4 Å². The molecule has 4 heteroatoms. The van der Waals surface area contributed by atoms with Crippen LogP contribution >= 0.6 is 0 Å². The second kappa shape index (κ2) is 9.56. The fourth-order valence-corrected chi connectivity index (χ4v) is 2.92. The molecule has 146 valence electrons. The number of rotatable bonds is 9. The highest BCUT2D eigenvalue weighted by Gasteiger charge is 2.37. The number of amides is 1. The van der Waals surface area contributed by atoms with Crippen molar-refractivity contribution >= 4 is 5.91 Å². The maximum Gasteiger partial charge on any atom is 0.228 e. The molecule has 0 spiro atoms. The summed E-state index contributed by atoms with van der Waals surface area (Å²) in [6.45, 7) is 8.09. The second-order valence-electron chi connectivity index (χ2n) is 7.46. The molecule has 0 heterocycles. The molecule has 0 bridgehead atoms. The molecular formula is C23H31NO3. The first-order chi connectivity index (χ1) is 12.9. The third kappa shape index (κ3) is 5.57. The number of hydrogen-bond donors (Lipinski definition) is 2. The van der Waals surface area contributed by atoms with Crippen LogP contribution in [0.5, 0.6) is 5.75 Å². The lowest BCUT2D eigenvalue weighted by molar-refractivity contribution is -0.136. The van der Waals surface area contributed by atoms with Crippen LogP contribution < -0.4 is 10.1 Å². The number of hydrogen-bond acceptors (Lipinski definition) is 3. The highest BCUT2D eigenvalue weighted by molar-refractivity contribution is 5.83. The Morgan fingerprint density at radius 2 is 1.74 bits per heavy atom. The Hall–Kier alpha value is -2.33. The summed E-state index contributed by atoms with van der Waals surface area (Å²) < 4.78 is 5.84. The number of benzene rings is 2. The molecule has 0 saturated carbocycles. The number of aliphatic hydroxyl groups is 1. The highest BCUT2D eigenvalue weighted by atomic mass is 16.5. The summed E-state index contributed by atoms with van der Waals surface area (Å²) in [6, 6.07) is 17.4. The quantitative estimate of drug-likeness (QED) is 0.677. The summed E-state index contributed by atoms with van der Waals surface area (Å²) in [5, 5.41) is 13.9. The summed E-state index contributed by atoms with van der Waals surface area (Å²) in [6.07, 6.45) is 0.821. The average Bonchev–Trinajstić information content (AvgIpc) is 2.70. The lowest BCUT2D eigenvalue weighted by atomic mass is 9.81. The molecule has 2 aromatic carbocycles. The van der Waals surface area contributed by atoms with Crippen LogP contribution in [0.1, 0.15) is 57.8 Å². The Kier molecular flexibility index (Phi) is 7.43. The van der Waals surface area contributed by atoms with E-state index in [0.717, 1.165) is 18.4 Å². The van der Waals surface area contributed by atoms with E-state index in [0.29, 0.717) is 17.9 Å². The first kappa shape index (κ1) is 21.0. The minimum atomic E-state index is -0.944. The largest absolute Gasteiger partial charge is 0.489 e. The second-order valence-corrected chi connectivity index (χ2v) is 7.46. The van der Waals surface area contributed by atoms with Gasteiger partial charge in [-0.3, -0.25) is 4.79 Å². The zero-order valence-corrected chi connectivity index (χ0v) is 16.7. The highest BCUT2D eigenvalue weighted by Crippen LogP contribution is 2.35. The van der Waals surface area contributed by atoms with Gasteiger partial charge in [0.05, 0.1) is 11.5 Å². The van der Waals surface area contributed by atoms with E-state index in [9.17, 15) is 9.90 Å². The van der Waals surface area contributed by atoms with Crippen LogP contribution in [0, 0.1) is 5.41 Å². The maximum atomic E-state index is 12.7. The topological polar surface area (TPSA) is 58.6 Å². The number of ether oxygens (including phenoxy) is 1. The number of carbonyl (C=O) groups excluding carboxylic acids is 1. The molecule has 0 saturated heterocycles. The fraction of sp³-hybridized carbons (Fsp3) is 0.435. The Bertz CT molecular complexity index is 723. The first-order valence-corrected chi connectivity index (χ1v) is 9.64. The molecule has 0 fully saturated rings. The Morgan fingerprint density at radius 3 is 2.37 bits per heavy atom. The van der Waals surface area contributed by atoms with Crippen molar-refractivity contribution in [1.82, 2.24) is 5.32 Å². The van der Waals surface area contributed by atoms with Gasteiger partial charge in [-0.1, -0.05) is 56.3 Å². The third-order valence-electron chi connectivity index (χ3n) is 5.01. The molecule has 0 aromatic heterocycles. The van der Waals surface area contributed by atoms with Gasteiger partial charge in [-0.15, -0.1) is 0 Å². The molecule has 0 aliphatic rings. The molecule has 0 radical (unpaired) electrons. The molecule has 1 amide bonds. The average molecular weight is 370 g/mol. The molecule has 2 rings (SSSR count). The van der Waals surface area contributed by atoms with Crippen LogP contribution in [0.15, 0.2) is 54.6 Å². The van der Waals surface area contributed by atoms with Crippen LogP contribution in [0.3, 0.4) is 0 Å². The van der Waals surface area contributed by atoms with E-state index in [-0.39, 0.29) is 11.9 Å². The number of carbonyl (C=O) groups is 1. The van der Waals surface area contributed by atoms with Gasteiger partial charge in [-0.25, -0.2) is 0 Å².